The Morgan fingerprint density at radius 3 is 2.50 bits per heavy atom. The van der Waals surface area contributed by atoms with E-state index < -0.39 is 11.2 Å². The topological polar surface area (TPSA) is 75.1 Å². The van der Waals surface area contributed by atoms with Crippen LogP contribution in [-0.4, -0.2) is 14.7 Å². The van der Waals surface area contributed by atoms with Gasteiger partial charge in [0.05, 0.1) is 5.56 Å². The number of rotatable bonds is 6. The molecular formula is C13H22N2O3. The van der Waals surface area contributed by atoms with Crippen LogP contribution in [0.5, 0.6) is 5.88 Å². The third-order valence-electron chi connectivity index (χ3n) is 3.03. The van der Waals surface area contributed by atoms with Crippen LogP contribution in [0.3, 0.4) is 0 Å². The molecule has 0 saturated heterocycles. The van der Waals surface area contributed by atoms with E-state index in [-0.39, 0.29) is 11.4 Å². The Hall–Kier alpha value is -1.52. The molecule has 1 rings (SSSR count). The van der Waals surface area contributed by atoms with Gasteiger partial charge in [-0.15, -0.1) is 0 Å². The first-order valence-electron chi connectivity index (χ1n) is 6.52. The van der Waals surface area contributed by atoms with Crippen molar-refractivity contribution in [3.8, 4) is 5.88 Å². The van der Waals surface area contributed by atoms with Crippen LogP contribution in [0.4, 0.5) is 0 Å². The minimum atomic E-state index is -0.528. The Balaban J connectivity index is 2.83. The number of nitrogens with zero attached hydrogens (tertiary/aromatic N) is 1. The zero-order valence-corrected chi connectivity index (χ0v) is 11.3. The third kappa shape index (κ3) is 3.48. The largest absolute Gasteiger partial charge is 0.494 e. The molecule has 0 aliphatic carbocycles. The summed E-state index contributed by atoms with van der Waals surface area (Å²) in [6.07, 6.45) is 3.33. The first-order valence-corrected chi connectivity index (χ1v) is 6.52. The maximum absolute atomic E-state index is 11.6. The summed E-state index contributed by atoms with van der Waals surface area (Å²) in [6.45, 7) is 6.52. The Kier molecular flexibility index (Phi) is 5.19. The van der Waals surface area contributed by atoms with Crippen molar-refractivity contribution in [2.75, 3.05) is 0 Å². The van der Waals surface area contributed by atoms with Gasteiger partial charge < -0.3 is 5.11 Å². The van der Waals surface area contributed by atoms with Crippen LogP contribution in [0.25, 0.3) is 0 Å². The predicted molar refractivity (Wildman–Crippen MR) is 71.1 cm³/mol. The van der Waals surface area contributed by atoms with Crippen molar-refractivity contribution in [1.82, 2.24) is 9.55 Å². The lowest BCUT2D eigenvalue weighted by molar-refractivity contribution is 0.383. The molecule has 5 heteroatoms. The second-order valence-corrected chi connectivity index (χ2v) is 4.96. The number of aromatic nitrogens is 2. The molecule has 0 aliphatic heterocycles. The smallest absolute Gasteiger partial charge is 0.331 e. The molecule has 2 N–H and O–H groups in total. The Labute approximate surface area is 106 Å². The van der Waals surface area contributed by atoms with E-state index in [2.05, 4.69) is 18.8 Å². The third-order valence-corrected chi connectivity index (χ3v) is 3.03. The van der Waals surface area contributed by atoms with Gasteiger partial charge in [-0.05, 0) is 18.8 Å². The second kappa shape index (κ2) is 6.42. The molecule has 1 aromatic heterocycles. The molecule has 5 nitrogen and oxygen atoms in total. The number of hydrogen-bond acceptors (Lipinski definition) is 3. The summed E-state index contributed by atoms with van der Waals surface area (Å²) in [6, 6.07) is 0. The van der Waals surface area contributed by atoms with E-state index in [4.69, 9.17) is 0 Å². The minimum absolute atomic E-state index is 0.184. The lowest BCUT2D eigenvalue weighted by atomic mass is 10.1. The molecule has 0 fully saturated rings. The van der Waals surface area contributed by atoms with Crippen LogP contribution in [-0.2, 0) is 13.0 Å². The van der Waals surface area contributed by atoms with Crippen molar-refractivity contribution < 1.29 is 5.11 Å². The molecule has 0 aliphatic rings. The molecule has 0 bridgehead atoms. The van der Waals surface area contributed by atoms with Crippen molar-refractivity contribution in [1.29, 1.82) is 0 Å². The Morgan fingerprint density at radius 2 is 1.94 bits per heavy atom. The molecule has 1 aromatic rings. The number of H-pyrrole nitrogens is 1. The molecule has 18 heavy (non-hydrogen) atoms. The maximum atomic E-state index is 11.6. The zero-order valence-electron chi connectivity index (χ0n) is 11.3. The van der Waals surface area contributed by atoms with Crippen LogP contribution in [0, 0.1) is 5.92 Å². The van der Waals surface area contributed by atoms with Gasteiger partial charge in [-0.2, -0.15) is 0 Å². The molecule has 0 aromatic carbocycles. The molecule has 0 amide bonds. The van der Waals surface area contributed by atoms with Crippen molar-refractivity contribution >= 4 is 0 Å². The number of unbranched alkanes of at least 4 members (excludes halogenated alkanes) is 1. The van der Waals surface area contributed by atoms with Crippen LogP contribution in [0.2, 0.25) is 0 Å². The van der Waals surface area contributed by atoms with Gasteiger partial charge in [0.2, 0.25) is 5.88 Å². The van der Waals surface area contributed by atoms with Gasteiger partial charge in [0, 0.05) is 6.54 Å². The van der Waals surface area contributed by atoms with Gasteiger partial charge in [0.25, 0.3) is 5.56 Å². The molecule has 1 heterocycles. The average molecular weight is 254 g/mol. The van der Waals surface area contributed by atoms with Crippen LogP contribution in [0.15, 0.2) is 9.59 Å². The van der Waals surface area contributed by atoms with Crippen LogP contribution >= 0.6 is 0 Å². The van der Waals surface area contributed by atoms with Gasteiger partial charge in [-0.25, -0.2) is 4.79 Å². The van der Waals surface area contributed by atoms with Crippen molar-refractivity contribution in [2.45, 2.75) is 53.0 Å². The molecule has 0 atom stereocenters. The average Bonchev–Trinajstić information content (AvgIpc) is 2.27. The maximum Gasteiger partial charge on any atom is 0.331 e. The number of aromatic hydroxyl groups is 1. The van der Waals surface area contributed by atoms with E-state index in [1.807, 2.05) is 0 Å². The van der Waals surface area contributed by atoms with E-state index in [9.17, 15) is 14.7 Å². The van der Waals surface area contributed by atoms with E-state index >= 15 is 0 Å². The predicted octanol–water partition coefficient (Wildman–Crippen LogP) is 1.63. The summed E-state index contributed by atoms with van der Waals surface area (Å²) < 4.78 is 1.25. The summed E-state index contributed by atoms with van der Waals surface area (Å²) in [7, 11) is 0. The summed E-state index contributed by atoms with van der Waals surface area (Å²) in [5.74, 6) is 0.452. The Bertz CT molecular complexity index is 500. The lowest BCUT2D eigenvalue weighted by Gasteiger charge is -2.10. The SMILES string of the molecule is CCc1c(O)n(CCCCC(C)C)c(=O)[nH]c1=O. The van der Waals surface area contributed by atoms with Gasteiger partial charge in [0.1, 0.15) is 0 Å². The van der Waals surface area contributed by atoms with Crippen molar-refractivity contribution in [3.05, 3.63) is 26.4 Å². The summed E-state index contributed by atoms with van der Waals surface area (Å²) in [4.78, 5) is 25.3. The van der Waals surface area contributed by atoms with Gasteiger partial charge in [-0.1, -0.05) is 33.6 Å². The molecule has 0 radical (unpaired) electrons. The van der Waals surface area contributed by atoms with E-state index in [1.165, 1.54) is 4.57 Å². The first-order chi connectivity index (χ1) is 8.47. The van der Waals surface area contributed by atoms with Crippen LogP contribution < -0.4 is 11.2 Å². The first kappa shape index (κ1) is 14.5. The zero-order chi connectivity index (χ0) is 13.7. The summed E-state index contributed by atoms with van der Waals surface area (Å²) in [5.41, 5.74) is -0.740. The standard InChI is InChI=1S/C13H22N2O3/c1-4-10-11(16)14-13(18)15(12(10)17)8-6-5-7-9(2)3/h9,17H,4-8H2,1-3H3,(H,14,16,18). The van der Waals surface area contributed by atoms with E-state index in [0.29, 0.717) is 18.9 Å². The van der Waals surface area contributed by atoms with Crippen LogP contribution in [0.1, 0.15) is 45.6 Å². The summed E-state index contributed by atoms with van der Waals surface area (Å²) >= 11 is 0. The molecule has 0 unspecified atom stereocenters. The highest BCUT2D eigenvalue weighted by atomic mass is 16.3. The van der Waals surface area contributed by atoms with Gasteiger partial charge >= 0.3 is 5.69 Å². The molecule has 0 spiro atoms. The highest BCUT2D eigenvalue weighted by Gasteiger charge is 2.11. The van der Waals surface area contributed by atoms with E-state index in [0.717, 1.165) is 19.3 Å². The van der Waals surface area contributed by atoms with E-state index in [1.54, 1.807) is 6.92 Å². The quantitative estimate of drug-likeness (QED) is 0.758. The highest BCUT2D eigenvalue weighted by molar-refractivity contribution is 5.22. The number of hydrogen-bond donors (Lipinski definition) is 2. The highest BCUT2D eigenvalue weighted by Crippen LogP contribution is 2.12. The Morgan fingerprint density at radius 1 is 1.28 bits per heavy atom. The molecule has 102 valence electrons. The summed E-state index contributed by atoms with van der Waals surface area (Å²) in [5, 5.41) is 9.90. The number of nitrogens with one attached hydrogen (secondary N) is 1. The van der Waals surface area contributed by atoms with Gasteiger partial charge in [-0.3, -0.25) is 14.3 Å². The number of aromatic amines is 1. The normalized spacial score (nSPS) is 11.1. The lowest BCUT2D eigenvalue weighted by Crippen LogP contribution is -2.32. The second-order valence-electron chi connectivity index (χ2n) is 4.96. The molecular weight excluding hydrogens is 232 g/mol. The van der Waals surface area contributed by atoms with Crippen molar-refractivity contribution in [2.24, 2.45) is 5.92 Å². The fraction of sp³-hybridized carbons (Fsp3) is 0.692. The monoisotopic (exact) mass is 254 g/mol. The van der Waals surface area contributed by atoms with Gasteiger partial charge in [0.15, 0.2) is 0 Å². The minimum Gasteiger partial charge on any atom is -0.494 e. The fourth-order valence-corrected chi connectivity index (χ4v) is 1.95. The molecule has 0 saturated carbocycles. The van der Waals surface area contributed by atoms with Crippen molar-refractivity contribution in [3.63, 3.8) is 0 Å². The fourth-order valence-electron chi connectivity index (χ4n) is 1.95.